The quantitative estimate of drug-likeness (QED) is 0.162. The number of para-hydroxylation sites is 2. The van der Waals surface area contributed by atoms with E-state index in [1.807, 2.05) is 0 Å². The van der Waals surface area contributed by atoms with Crippen molar-refractivity contribution in [2.45, 2.75) is 19.3 Å². The van der Waals surface area contributed by atoms with Gasteiger partial charge in [-0.25, -0.2) is 0 Å². The molecule has 0 N–H and O–H groups in total. The van der Waals surface area contributed by atoms with Crippen molar-refractivity contribution in [2.75, 3.05) is 0 Å². The van der Waals surface area contributed by atoms with Gasteiger partial charge < -0.3 is 9.13 Å². The average Bonchev–Trinajstić information content (AvgIpc) is 3.80. The molecule has 9 aromatic carbocycles. The molecule has 0 atom stereocenters. The molecule has 2 heterocycles. The van der Waals surface area contributed by atoms with Crippen LogP contribution in [0.15, 0.2) is 170 Å². The smallest absolute Gasteiger partial charge is 0.0547 e. The van der Waals surface area contributed by atoms with Crippen molar-refractivity contribution < 1.29 is 0 Å². The van der Waals surface area contributed by atoms with Gasteiger partial charge in [0, 0.05) is 43.7 Å². The zero-order valence-corrected chi connectivity index (χ0v) is 29.6. The van der Waals surface area contributed by atoms with Crippen LogP contribution in [0.5, 0.6) is 0 Å². The number of aromatic nitrogens is 2. The van der Waals surface area contributed by atoms with E-state index in [-0.39, 0.29) is 5.41 Å². The Labute approximate surface area is 306 Å². The molecule has 12 rings (SSSR count). The normalized spacial score (nSPS) is 13.6. The number of hydrogen-bond donors (Lipinski definition) is 0. The highest BCUT2D eigenvalue weighted by Crippen LogP contribution is 2.52. The maximum atomic E-state index is 2.53. The summed E-state index contributed by atoms with van der Waals surface area (Å²) in [5.74, 6) is 0. The zero-order chi connectivity index (χ0) is 35.0. The van der Waals surface area contributed by atoms with E-state index in [4.69, 9.17) is 0 Å². The Morgan fingerprint density at radius 1 is 0.321 bits per heavy atom. The highest BCUT2D eigenvalue weighted by molar-refractivity contribution is 6.35. The molecule has 0 amide bonds. The first kappa shape index (κ1) is 29.0. The molecular weight excluding hydrogens is 641 g/mol. The Kier molecular flexibility index (Phi) is 5.60. The second-order valence-electron chi connectivity index (χ2n) is 15.3. The van der Waals surface area contributed by atoms with Crippen LogP contribution in [0.2, 0.25) is 0 Å². The molecule has 0 radical (unpaired) electrons. The lowest BCUT2D eigenvalue weighted by atomic mass is 9.82. The van der Waals surface area contributed by atoms with Gasteiger partial charge in [-0.05, 0) is 97.7 Å². The number of rotatable bonds is 2. The van der Waals surface area contributed by atoms with Gasteiger partial charge in [-0.3, -0.25) is 0 Å². The lowest BCUT2D eigenvalue weighted by molar-refractivity contribution is 0.661. The molecule has 0 aliphatic heterocycles. The molecule has 0 unspecified atom stereocenters. The van der Waals surface area contributed by atoms with Gasteiger partial charge in [-0.1, -0.05) is 135 Å². The lowest BCUT2D eigenvalue weighted by Crippen LogP contribution is -2.15. The third-order valence-corrected chi connectivity index (χ3v) is 12.3. The Morgan fingerprint density at radius 3 is 1.53 bits per heavy atom. The standard InChI is InChI=1S/C51H34N2/c1-51(2)43-23-10-7-19-36(43)41-29-42-48(30-44(41)51)53(32-15-13-14-31(28-32)52-45-24-11-8-20-37(45)38-21-9-12-25-46(38)52)47-27-26-40-35-18-4-3-16-33(35)34-17-5-6-22-39(34)49(40)50(42)47/h3-30H,1-2H3. The minimum atomic E-state index is -0.114. The van der Waals surface area contributed by atoms with Crippen LogP contribution in [0.25, 0.3) is 98.4 Å². The highest BCUT2D eigenvalue weighted by atomic mass is 15.0. The molecule has 248 valence electrons. The summed E-state index contributed by atoms with van der Waals surface area (Å²) in [6.45, 7) is 4.77. The number of hydrogen-bond acceptors (Lipinski definition) is 0. The molecular formula is C51H34N2. The summed E-state index contributed by atoms with van der Waals surface area (Å²) in [6, 6.07) is 63.3. The third kappa shape index (κ3) is 3.72. The van der Waals surface area contributed by atoms with Crippen LogP contribution in [-0.2, 0) is 5.41 Å². The summed E-state index contributed by atoms with van der Waals surface area (Å²) in [6.07, 6.45) is 0. The van der Waals surface area contributed by atoms with Crippen LogP contribution in [0, 0.1) is 0 Å². The van der Waals surface area contributed by atoms with E-state index in [0.717, 1.165) is 11.4 Å². The van der Waals surface area contributed by atoms with E-state index in [9.17, 15) is 0 Å². The van der Waals surface area contributed by atoms with Crippen molar-refractivity contribution in [2.24, 2.45) is 0 Å². The summed E-state index contributed by atoms with van der Waals surface area (Å²) >= 11 is 0. The van der Waals surface area contributed by atoms with Gasteiger partial charge in [-0.2, -0.15) is 0 Å². The number of benzene rings is 9. The largest absolute Gasteiger partial charge is 0.309 e. The minimum Gasteiger partial charge on any atom is -0.309 e. The third-order valence-electron chi connectivity index (χ3n) is 12.3. The highest BCUT2D eigenvalue weighted by Gasteiger charge is 2.36. The molecule has 2 aromatic heterocycles. The summed E-state index contributed by atoms with van der Waals surface area (Å²) in [4.78, 5) is 0. The monoisotopic (exact) mass is 674 g/mol. The Morgan fingerprint density at radius 2 is 0.849 bits per heavy atom. The van der Waals surface area contributed by atoms with Crippen molar-refractivity contribution in [1.82, 2.24) is 9.13 Å². The zero-order valence-electron chi connectivity index (χ0n) is 29.6. The van der Waals surface area contributed by atoms with Gasteiger partial charge in [0.2, 0.25) is 0 Å². The maximum Gasteiger partial charge on any atom is 0.0547 e. The molecule has 1 aliphatic rings. The van der Waals surface area contributed by atoms with E-state index < -0.39 is 0 Å². The molecule has 1 aliphatic carbocycles. The summed E-state index contributed by atoms with van der Waals surface area (Å²) < 4.78 is 4.96. The maximum absolute atomic E-state index is 2.53. The molecule has 0 saturated carbocycles. The van der Waals surface area contributed by atoms with Gasteiger partial charge in [0.05, 0.1) is 22.1 Å². The van der Waals surface area contributed by atoms with Crippen LogP contribution in [0.4, 0.5) is 0 Å². The minimum absolute atomic E-state index is 0.114. The first-order valence-corrected chi connectivity index (χ1v) is 18.6. The second-order valence-corrected chi connectivity index (χ2v) is 15.3. The van der Waals surface area contributed by atoms with Crippen molar-refractivity contribution in [1.29, 1.82) is 0 Å². The Bertz CT molecular complexity index is 3280. The van der Waals surface area contributed by atoms with Crippen LogP contribution in [0.3, 0.4) is 0 Å². The fourth-order valence-corrected chi connectivity index (χ4v) is 9.95. The molecule has 0 spiro atoms. The van der Waals surface area contributed by atoms with Crippen LogP contribution in [-0.4, -0.2) is 9.13 Å². The first-order chi connectivity index (χ1) is 26.1. The van der Waals surface area contributed by atoms with E-state index in [0.29, 0.717) is 0 Å². The predicted octanol–water partition coefficient (Wildman–Crippen LogP) is 13.6. The molecule has 2 nitrogen and oxygen atoms in total. The van der Waals surface area contributed by atoms with E-state index >= 15 is 0 Å². The SMILES string of the molecule is CC1(C)c2ccccc2-c2cc3c4c5c6ccccc6c6ccccc6c5ccc4n(-c4cccc(-n5c6ccccc6c6ccccc65)c4)c3cc21. The van der Waals surface area contributed by atoms with Gasteiger partial charge in [-0.15, -0.1) is 0 Å². The first-order valence-electron chi connectivity index (χ1n) is 18.6. The molecule has 0 saturated heterocycles. The molecule has 11 aromatic rings. The van der Waals surface area contributed by atoms with Crippen molar-refractivity contribution >= 4 is 75.9 Å². The second kappa shape index (κ2) is 10.2. The van der Waals surface area contributed by atoms with Crippen LogP contribution in [0.1, 0.15) is 25.0 Å². The Hall–Kier alpha value is -6.64. The van der Waals surface area contributed by atoms with Crippen LogP contribution < -0.4 is 0 Å². The molecule has 2 heteroatoms. The topological polar surface area (TPSA) is 9.86 Å². The fraction of sp³-hybridized carbons (Fsp3) is 0.0588. The van der Waals surface area contributed by atoms with Gasteiger partial charge >= 0.3 is 0 Å². The Balaban J connectivity index is 1.25. The van der Waals surface area contributed by atoms with Gasteiger partial charge in [0.15, 0.2) is 0 Å². The summed E-state index contributed by atoms with van der Waals surface area (Å²) in [5.41, 5.74) is 12.6. The summed E-state index contributed by atoms with van der Waals surface area (Å²) in [5, 5.41) is 13.0. The van der Waals surface area contributed by atoms with E-state index in [1.54, 1.807) is 0 Å². The average molecular weight is 675 g/mol. The lowest BCUT2D eigenvalue weighted by Gasteiger charge is -2.21. The fourth-order valence-electron chi connectivity index (χ4n) is 9.95. The number of fused-ring (bicyclic) bond motifs is 16. The van der Waals surface area contributed by atoms with Crippen molar-refractivity contribution in [3.05, 3.63) is 181 Å². The predicted molar refractivity (Wildman–Crippen MR) is 225 cm³/mol. The molecule has 53 heavy (non-hydrogen) atoms. The molecule has 0 bridgehead atoms. The van der Waals surface area contributed by atoms with Gasteiger partial charge in [0.1, 0.15) is 0 Å². The van der Waals surface area contributed by atoms with Crippen molar-refractivity contribution in [3.63, 3.8) is 0 Å². The number of nitrogens with zero attached hydrogens (tertiary/aromatic N) is 2. The van der Waals surface area contributed by atoms with Crippen LogP contribution >= 0.6 is 0 Å². The summed E-state index contributed by atoms with van der Waals surface area (Å²) in [7, 11) is 0. The van der Waals surface area contributed by atoms with Crippen molar-refractivity contribution in [3.8, 4) is 22.5 Å². The van der Waals surface area contributed by atoms with E-state index in [2.05, 4.69) is 193 Å². The van der Waals surface area contributed by atoms with Gasteiger partial charge in [0.25, 0.3) is 0 Å². The van der Waals surface area contributed by atoms with E-state index in [1.165, 1.54) is 98.2 Å². The molecule has 0 fully saturated rings.